The highest BCUT2D eigenvalue weighted by Gasteiger charge is 2.25. The van der Waals surface area contributed by atoms with Gasteiger partial charge >= 0.3 is 5.97 Å². The highest BCUT2D eigenvalue weighted by Crippen LogP contribution is 2.30. The molecule has 6 heteroatoms. The van der Waals surface area contributed by atoms with E-state index in [1.165, 1.54) is 7.11 Å². The fourth-order valence-corrected chi connectivity index (χ4v) is 1.74. The van der Waals surface area contributed by atoms with Gasteiger partial charge in [0.05, 0.1) is 27.0 Å². The van der Waals surface area contributed by atoms with Crippen LogP contribution in [0.4, 0.5) is 0 Å². The second-order valence-electron chi connectivity index (χ2n) is 3.81. The first-order valence-electron chi connectivity index (χ1n) is 5.63. The lowest BCUT2D eigenvalue weighted by molar-refractivity contribution is -0.152. The molecule has 19 heavy (non-hydrogen) atoms. The third-order valence-electron chi connectivity index (χ3n) is 2.74. The third-order valence-corrected chi connectivity index (χ3v) is 2.74. The van der Waals surface area contributed by atoms with E-state index in [9.17, 15) is 4.79 Å². The van der Waals surface area contributed by atoms with Crippen LogP contribution in [-0.2, 0) is 14.4 Å². The first-order chi connectivity index (χ1) is 9.19. The summed E-state index contributed by atoms with van der Waals surface area (Å²) in [5, 5.41) is 0. The lowest BCUT2D eigenvalue weighted by Crippen LogP contribution is -2.22. The molecule has 0 aliphatic carbocycles. The van der Waals surface area contributed by atoms with Crippen LogP contribution in [0.1, 0.15) is 5.56 Å². The molecule has 1 N–H and O–H groups in total. The maximum absolute atomic E-state index is 11.3. The monoisotopic (exact) mass is 265 g/mol. The summed E-state index contributed by atoms with van der Waals surface area (Å²) >= 11 is 0. The summed E-state index contributed by atoms with van der Waals surface area (Å²) in [5.74, 6) is 0.780. The molecule has 0 radical (unpaired) electrons. The van der Waals surface area contributed by atoms with Crippen LogP contribution in [0.25, 0.3) is 5.70 Å². The Morgan fingerprint density at radius 3 is 2.58 bits per heavy atom. The van der Waals surface area contributed by atoms with Crippen molar-refractivity contribution in [3.8, 4) is 11.5 Å². The second kappa shape index (κ2) is 5.62. The molecule has 0 saturated carbocycles. The Hall–Kier alpha value is -2.21. The number of ether oxygens (including phenoxy) is 3. The molecule has 1 heterocycles. The minimum atomic E-state index is -0.743. The Bertz CT molecular complexity index is 512. The van der Waals surface area contributed by atoms with Gasteiger partial charge in [0.25, 0.3) is 0 Å². The van der Waals surface area contributed by atoms with Crippen molar-refractivity contribution < 1.29 is 23.8 Å². The van der Waals surface area contributed by atoms with E-state index in [-0.39, 0.29) is 0 Å². The lowest BCUT2D eigenvalue weighted by Gasteiger charge is -2.10. The molecule has 1 aliphatic heterocycles. The largest absolute Gasteiger partial charge is 0.493 e. The maximum Gasteiger partial charge on any atom is 0.341 e. The van der Waals surface area contributed by atoms with E-state index < -0.39 is 12.1 Å². The molecule has 1 atom stereocenters. The molecule has 0 aromatic heterocycles. The molecule has 0 saturated heterocycles. The number of hydrogen-bond acceptors (Lipinski definition) is 6. The highest BCUT2D eigenvalue weighted by atomic mass is 16.7. The van der Waals surface area contributed by atoms with Gasteiger partial charge in [0.2, 0.25) is 6.10 Å². The van der Waals surface area contributed by atoms with Crippen molar-refractivity contribution >= 4 is 11.7 Å². The normalized spacial score (nSPS) is 17.4. The molecule has 2 rings (SSSR count). The predicted octanol–water partition coefficient (Wildman–Crippen LogP) is 1.12. The summed E-state index contributed by atoms with van der Waals surface area (Å²) in [6.07, 6.45) is 0.903. The van der Waals surface area contributed by atoms with Gasteiger partial charge in [-0.3, -0.25) is 10.3 Å². The topological polar surface area (TPSA) is 66.0 Å². The van der Waals surface area contributed by atoms with Crippen molar-refractivity contribution in [1.29, 1.82) is 0 Å². The number of benzene rings is 1. The standard InChI is InChI=1S/C13H15NO5/c1-16-10-5-4-8(6-11(10)17-2)9-7-12(19-14-9)13(15)18-3/h4-7,12,14H,1-3H3. The molecule has 0 spiro atoms. The summed E-state index contributed by atoms with van der Waals surface area (Å²) in [5.41, 5.74) is 4.19. The van der Waals surface area contributed by atoms with Gasteiger partial charge in [-0.1, -0.05) is 0 Å². The number of hydrogen-bond donors (Lipinski definition) is 1. The van der Waals surface area contributed by atoms with Crippen molar-refractivity contribution in [1.82, 2.24) is 5.48 Å². The number of hydroxylamine groups is 1. The Kier molecular flexibility index (Phi) is 3.91. The van der Waals surface area contributed by atoms with Gasteiger partial charge in [-0.05, 0) is 24.3 Å². The Morgan fingerprint density at radius 1 is 1.21 bits per heavy atom. The van der Waals surface area contributed by atoms with Crippen LogP contribution in [0, 0.1) is 0 Å². The van der Waals surface area contributed by atoms with Crippen LogP contribution in [0.2, 0.25) is 0 Å². The summed E-state index contributed by atoms with van der Waals surface area (Å²) in [6, 6.07) is 5.41. The van der Waals surface area contributed by atoms with E-state index in [1.807, 2.05) is 6.07 Å². The number of carbonyl (C=O) groups is 1. The van der Waals surface area contributed by atoms with Gasteiger partial charge in [0, 0.05) is 5.56 Å². The molecule has 0 amide bonds. The van der Waals surface area contributed by atoms with Crippen molar-refractivity contribution in [3.05, 3.63) is 29.8 Å². The van der Waals surface area contributed by atoms with Gasteiger partial charge in [-0.2, -0.15) is 0 Å². The molecule has 1 unspecified atom stereocenters. The molecular weight excluding hydrogens is 250 g/mol. The first-order valence-corrected chi connectivity index (χ1v) is 5.63. The quantitative estimate of drug-likeness (QED) is 0.823. The van der Waals surface area contributed by atoms with Crippen molar-refractivity contribution in [3.63, 3.8) is 0 Å². The molecule has 1 aliphatic rings. The Morgan fingerprint density at radius 2 is 1.95 bits per heavy atom. The lowest BCUT2D eigenvalue weighted by atomic mass is 10.1. The van der Waals surface area contributed by atoms with Crippen molar-refractivity contribution in [2.45, 2.75) is 6.10 Å². The summed E-state index contributed by atoms with van der Waals surface area (Å²) < 4.78 is 15.0. The maximum atomic E-state index is 11.3. The molecule has 0 fully saturated rings. The zero-order valence-electron chi connectivity index (χ0n) is 10.9. The van der Waals surface area contributed by atoms with Gasteiger partial charge in [0.1, 0.15) is 0 Å². The zero-order chi connectivity index (χ0) is 13.8. The van der Waals surface area contributed by atoms with Crippen LogP contribution in [0.15, 0.2) is 24.3 Å². The minimum absolute atomic E-state index is 0.456. The second-order valence-corrected chi connectivity index (χ2v) is 3.81. The summed E-state index contributed by atoms with van der Waals surface area (Å²) in [6.45, 7) is 0. The number of methoxy groups -OCH3 is 3. The van der Waals surface area contributed by atoms with Crippen LogP contribution in [0.5, 0.6) is 11.5 Å². The molecule has 102 valence electrons. The number of carbonyl (C=O) groups excluding carboxylic acids is 1. The van der Waals surface area contributed by atoms with E-state index in [1.54, 1.807) is 32.4 Å². The molecule has 1 aromatic rings. The first kappa shape index (κ1) is 13.2. The number of nitrogens with one attached hydrogen (secondary N) is 1. The van der Waals surface area contributed by atoms with E-state index >= 15 is 0 Å². The number of rotatable bonds is 4. The van der Waals surface area contributed by atoms with Crippen LogP contribution in [0.3, 0.4) is 0 Å². The van der Waals surface area contributed by atoms with Gasteiger partial charge in [0.15, 0.2) is 11.5 Å². The molecule has 0 bridgehead atoms. The van der Waals surface area contributed by atoms with Crippen LogP contribution in [-0.4, -0.2) is 33.4 Å². The Balaban J connectivity index is 2.26. The minimum Gasteiger partial charge on any atom is -0.493 e. The fourth-order valence-electron chi connectivity index (χ4n) is 1.74. The van der Waals surface area contributed by atoms with Crippen molar-refractivity contribution in [2.75, 3.05) is 21.3 Å². The smallest absolute Gasteiger partial charge is 0.341 e. The zero-order valence-corrected chi connectivity index (χ0v) is 10.9. The van der Waals surface area contributed by atoms with E-state index in [2.05, 4.69) is 10.2 Å². The van der Waals surface area contributed by atoms with E-state index in [0.717, 1.165) is 5.56 Å². The molecular formula is C13H15NO5. The summed E-state index contributed by atoms with van der Waals surface area (Å²) in [7, 11) is 4.45. The van der Waals surface area contributed by atoms with Gasteiger partial charge in [-0.25, -0.2) is 4.79 Å². The predicted molar refractivity (Wildman–Crippen MR) is 67.5 cm³/mol. The number of esters is 1. The van der Waals surface area contributed by atoms with Crippen LogP contribution >= 0.6 is 0 Å². The average molecular weight is 265 g/mol. The third kappa shape index (κ3) is 2.63. The molecule has 1 aromatic carbocycles. The Labute approximate surface area is 110 Å². The molecule has 6 nitrogen and oxygen atoms in total. The van der Waals surface area contributed by atoms with E-state index in [0.29, 0.717) is 17.2 Å². The fraction of sp³-hybridized carbons (Fsp3) is 0.308. The average Bonchev–Trinajstić information content (AvgIpc) is 2.95. The summed E-state index contributed by atoms with van der Waals surface area (Å²) in [4.78, 5) is 16.5. The SMILES string of the molecule is COC(=O)C1C=C(c2ccc(OC)c(OC)c2)NO1. The van der Waals surface area contributed by atoms with Crippen LogP contribution < -0.4 is 15.0 Å². The van der Waals surface area contributed by atoms with Gasteiger partial charge in [-0.15, -0.1) is 0 Å². The van der Waals surface area contributed by atoms with Gasteiger partial charge < -0.3 is 14.2 Å². The van der Waals surface area contributed by atoms with E-state index in [4.69, 9.17) is 14.3 Å². The van der Waals surface area contributed by atoms with Crippen molar-refractivity contribution in [2.24, 2.45) is 0 Å². The highest BCUT2D eigenvalue weighted by molar-refractivity contribution is 5.81.